The lowest BCUT2D eigenvalue weighted by Crippen LogP contribution is -2.43. The number of allylic oxidation sites excluding steroid dienone is 1. The molecule has 0 radical (unpaired) electrons. The quantitative estimate of drug-likeness (QED) is 0.130. The molecular formula is C48H46N6O3. The highest BCUT2D eigenvalue weighted by Gasteiger charge is 2.36. The first-order valence-electron chi connectivity index (χ1n) is 19.5. The number of nitrogens with one attached hydrogen (secondary N) is 1. The van der Waals surface area contributed by atoms with Crippen LogP contribution in [-0.4, -0.2) is 81.2 Å². The number of amides is 2. The molecule has 4 aromatic carbocycles. The monoisotopic (exact) mass is 754 g/mol. The largest absolute Gasteiger partial charge is 0.340 e. The Labute approximate surface area is 333 Å². The summed E-state index contributed by atoms with van der Waals surface area (Å²) in [5.74, 6) is 0.200. The Balaban J connectivity index is 0.903. The molecular weight excluding hydrogens is 709 g/mol. The summed E-state index contributed by atoms with van der Waals surface area (Å²) >= 11 is 0. The first-order chi connectivity index (χ1) is 27.7. The molecule has 57 heavy (non-hydrogen) atoms. The highest BCUT2D eigenvalue weighted by atomic mass is 16.2. The van der Waals surface area contributed by atoms with E-state index in [2.05, 4.69) is 59.6 Å². The van der Waals surface area contributed by atoms with Gasteiger partial charge >= 0.3 is 0 Å². The predicted molar refractivity (Wildman–Crippen MR) is 225 cm³/mol. The highest BCUT2D eigenvalue weighted by molar-refractivity contribution is 6.05. The Morgan fingerprint density at radius 3 is 1.89 bits per heavy atom. The molecule has 0 saturated heterocycles. The summed E-state index contributed by atoms with van der Waals surface area (Å²) < 4.78 is 0. The van der Waals surface area contributed by atoms with Crippen LogP contribution < -0.4 is 0 Å². The van der Waals surface area contributed by atoms with E-state index in [0.717, 1.165) is 56.2 Å². The number of H-pyrrole nitrogens is 1. The minimum absolute atomic E-state index is 0.00775. The standard InChI is InChI=1S/C48H46N6O3/c1-32(55)28-40(36-12-6-4-7-13-36)47(56)53-26-10-16-43(53)41-29-39(30-49-41)35-20-18-33(19-21-35)34-22-24-37(25-23-34)42-31-50-46(51-42)44-17-11-27-54(44)48(57)45(52(2)3)38-14-8-5-9-15-38/h4-25,30-31,40,43-45H,26-29H2,1-3H3,(H,50,51)/t40-,43+,44+,45-/m1/s1. The SMILES string of the molecule is CC(=O)C[C@@H](C(=O)N1CC=C[C@H]1C1=NC=C(c2ccc(-c3ccc(-c4cnc([C@@H]5C=CCN5C(=O)[C@@H](c5ccccc5)N(C)C)[nH]4)cc3)cc2)C1)c1ccccc1. The number of aromatic amines is 1. The minimum Gasteiger partial charge on any atom is -0.340 e. The Bertz CT molecular complexity index is 2380. The molecule has 0 aliphatic carbocycles. The summed E-state index contributed by atoms with van der Waals surface area (Å²) in [6, 6.07) is 35.5. The number of hydrogen-bond donors (Lipinski definition) is 1. The van der Waals surface area contributed by atoms with Crippen molar-refractivity contribution in [2.75, 3.05) is 27.2 Å². The molecule has 4 atom stereocenters. The third-order valence-electron chi connectivity index (χ3n) is 11.1. The van der Waals surface area contributed by atoms with E-state index in [1.54, 1.807) is 6.92 Å². The number of carbonyl (C=O) groups is 3. The van der Waals surface area contributed by atoms with Gasteiger partial charge in [-0.2, -0.15) is 0 Å². The topological polar surface area (TPSA) is 102 Å². The van der Waals surface area contributed by atoms with Gasteiger partial charge in [-0.1, -0.05) is 133 Å². The van der Waals surface area contributed by atoms with Gasteiger partial charge in [0, 0.05) is 37.8 Å². The van der Waals surface area contributed by atoms with Crippen molar-refractivity contribution in [3.63, 3.8) is 0 Å². The van der Waals surface area contributed by atoms with Crippen molar-refractivity contribution in [1.82, 2.24) is 24.7 Å². The van der Waals surface area contributed by atoms with E-state index in [-0.39, 0.29) is 42.1 Å². The molecule has 0 spiro atoms. The van der Waals surface area contributed by atoms with Crippen molar-refractivity contribution in [3.05, 3.63) is 168 Å². The minimum atomic E-state index is -0.516. The van der Waals surface area contributed by atoms with Gasteiger partial charge in [0.25, 0.3) is 0 Å². The average molecular weight is 755 g/mol. The van der Waals surface area contributed by atoms with Gasteiger partial charge < -0.3 is 14.8 Å². The molecule has 3 aliphatic rings. The maximum atomic E-state index is 13.9. The number of imidazole rings is 1. The lowest BCUT2D eigenvalue weighted by Gasteiger charge is -2.31. The van der Waals surface area contributed by atoms with Crippen molar-refractivity contribution in [2.24, 2.45) is 4.99 Å². The lowest BCUT2D eigenvalue weighted by molar-refractivity contribution is -0.137. The first-order valence-corrected chi connectivity index (χ1v) is 19.5. The molecule has 0 fully saturated rings. The van der Waals surface area contributed by atoms with Crippen molar-refractivity contribution in [2.45, 2.75) is 43.8 Å². The van der Waals surface area contributed by atoms with Crippen LogP contribution in [0.15, 0.2) is 151 Å². The number of rotatable bonds is 12. The fourth-order valence-corrected chi connectivity index (χ4v) is 8.16. The number of likely N-dealkylation sites (N-methyl/N-ethyl adjacent to an activating group) is 1. The zero-order valence-electron chi connectivity index (χ0n) is 32.5. The highest BCUT2D eigenvalue weighted by Crippen LogP contribution is 2.34. The van der Waals surface area contributed by atoms with Crippen molar-refractivity contribution < 1.29 is 14.4 Å². The van der Waals surface area contributed by atoms with Crippen LogP contribution in [0, 0.1) is 0 Å². The van der Waals surface area contributed by atoms with Gasteiger partial charge in [0.2, 0.25) is 11.8 Å². The molecule has 1 N–H and O–H groups in total. The van der Waals surface area contributed by atoms with E-state index < -0.39 is 5.92 Å². The summed E-state index contributed by atoms with van der Waals surface area (Å²) in [5, 5.41) is 0. The van der Waals surface area contributed by atoms with Gasteiger partial charge in [-0.3, -0.25) is 24.3 Å². The number of benzene rings is 4. The zero-order valence-corrected chi connectivity index (χ0v) is 32.5. The lowest BCUT2D eigenvalue weighted by atomic mass is 9.91. The first kappa shape index (κ1) is 37.5. The molecule has 5 aromatic rings. The van der Waals surface area contributed by atoms with Gasteiger partial charge in [-0.15, -0.1) is 0 Å². The normalized spacial score (nSPS) is 18.5. The van der Waals surface area contributed by atoms with Crippen molar-refractivity contribution >= 4 is 28.9 Å². The Kier molecular flexibility index (Phi) is 10.7. The Morgan fingerprint density at radius 1 is 0.719 bits per heavy atom. The van der Waals surface area contributed by atoms with Crippen LogP contribution in [0.1, 0.15) is 60.3 Å². The smallest absolute Gasteiger partial charge is 0.245 e. The molecule has 0 unspecified atom stereocenters. The second-order valence-electron chi connectivity index (χ2n) is 15.2. The van der Waals surface area contributed by atoms with Gasteiger partial charge in [0.15, 0.2) is 0 Å². The summed E-state index contributed by atoms with van der Waals surface area (Å²) in [7, 11) is 3.87. The second-order valence-corrected chi connectivity index (χ2v) is 15.2. The Hall–Kier alpha value is -6.45. The number of hydrogen-bond acceptors (Lipinski definition) is 6. The molecule has 2 amide bonds. The van der Waals surface area contributed by atoms with Crippen LogP contribution in [0.5, 0.6) is 0 Å². The second kappa shape index (κ2) is 16.3. The number of aromatic nitrogens is 2. The van der Waals surface area contributed by atoms with Gasteiger partial charge in [-0.05, 0) is 60.0 Å². The van der Waals surface area contributed by atoms with Crippen LogP contribution in [0.25, 0.3) is 28.0 Å². The van der Waals surface area contributed by atoms with Crippen LogP contribution >= 0.6 is 0 Å². The predicted octanol–water partition coefficient (Wildman–Crippen LogP) is 8.20. The van der Waals surface area contributed by atoms with Crippen LogP contribution in [0.2, 0.25) is 0 Å². The fourth-order valence-electron chi connectivity index (χ4n) is 8.16. The molecule has 3 aliphatic heterocycles. The summed E-state index contributed by atoms with van der Waals surface area (Å²) in [5.41, 5.74) is 9.04. The van der Waals surface area contributed by atoms with E-state index >= 15 is 0 Å². The van der Waals surface area contributed by atoms with Crippen molar-refractivity contribution in [3.8, 4) is 22.4 Å². The number of carbonyl (C=O) groups excluding carboxylic acids is 3. The van der Waals surface area contributed by atoms with E-state index in [1.807, 2.05) is 120 Å². The number of ketones is 1. The van der Waals surface area contributed by atoms with Crippen LogP contribution in [0.3, 0.4) is 0 Å². The molecule has 4 heterocycles. The molecule has 286 valence electrons. The van der Waals surface area contributed by atoms with E-state index in [0.29, 0.717) is 19.5 Å². The van der Waals surface area contributed by atoms with Gasteiger partial charge in [0.05, 0.1) is 23.9 Å². The summed E-state index contributed by atoms with van der Waals surface area (Å²) in [4.78, 5) is 58.6. The zero-order chi connectivity index (χ0) is 39.5. The van der Waals surface area contributed by atoms with Gasteiger partial charge in [-0.25, -0.2) is 4.98 Å². The average Bonchev–Trinajstić information content (AvgIpc) is 4.08. The maximum absolute atomic E-state index is 13.9. The summed E-state index contributed by atoms with van der Waals surface area (Å²) in [6.07, 6.45) is 12.7. The van der Waals surface area contributed by atoms with E-state index in [1.165, 1.54) is 0 Å². The molecule has 8 rings (SSSR count). The number of aliphatic imine (C=N–C) groups is 1. The third kappa shape index (κ3) is 7.84. The van der Waals surface area contributed by atoms with Crippen molar-refractivity contribution in [1.29, 1.82) is 0 Å². The molecule has 9 nitrogen and oxygen atoms in total. The summed E-state index contributed by atoms with van der Waals surface area (Å²) in [6.45, 7) is 2.57. The van der Waals surface area contributed by atoms with Crippen LogP contribution in [0.4, 0.5) is 0 Å². The van der Waals surface area contributed by atoms with Gasteiger partial charge in [0.1, 0.15) is 23.7 Å². The Morgan fingerprint density at radius 2 is 1.28 bits per heavy atom. The number of nitrogens with zero attached hydrogens (tertiary/aromatic N) is 5. The van der Waals surface area contributed by atoms with Crippen LogP contribution in [-0.2, 0) is 14.4 Å². The third-order valence-corrected chi connectivity index (χ3v) is 11.1. The van der Waals surface area contributed by atoms with E-state index in [4.69, 9.17) is 9.98 Å². The number of Topliss-reactive ketones (excluding diaryl/α,β-unsaturated/α-hetero) is 1. The molecule has 1 aromatic heterocycles. The molecule has 0 saturated carbocycles. The molecule has 9 heteroatoms. The maximum Gasteiger partial charge on any atom is 0.245 e. The fraction of sp³-hybridized carbons (Fsp3) is 0.229. The van der Waals surface area contributed by atoms with E-state index in [9.17, 15) is 14.4 Å². The molecule has 0 bridgehead atoms.